The molecule has 0 saturated heterocycles. The summed E-state index contributed by atoms with van der Waals surface area (Å²) in [7, 11) is -1.35. The van der Waals surface area contributed by atoms with Crippen LogP contribution in [0.1, 0.15) is 25.0 Å². The molecule has 1 nitrogen and oxygen atoms in total. The lowest BCUT2D eigenvalue weighted by Gasteiger charge is -2.26. The normalized spacial score (nSPS) is 12.5. The fourth-order valence-electron chi connectivity index (χ4n) is 4.41. The van der Waals surface area contributed by atoms with Gasteiger partial charge in [-0.05, 0) is 34.5 Å². The topological polar surface area (TPSA) is 12.9 Å². The second-order valence-electron chi connectivity index (χ2n) is 10.2. The van der Waals surface area contributed by atoms with Gasteiger partial charge in [0, 0.05) is 37.3 Å². The highest BCUT2D eigenvalue weighted by Crippen LogP contribution is 2.41. The van der Waals surface area contributed by atoms with Gasteiger partial charge in [-0.25, -0.2) is 0 Å². The number of hydrogen-bond acceptors (Lipinski definition) is 2. The molecule has 0 fully saturated rings. The molecule has 5 rings (SSSR count). The molecule has 3 heteroatoms. The number of pyridine rings is 1. The van der Waals surface area contributed by atoms with Gasteiger partial charge in [-0.1, -0.05) is 94.2 Å². The molecule has 0 spiro atoms. The fraction of sp³-hybridized carbons (Fsp3) is 0.207. The molecule has 32 heavy (non-hydrogen) atoms. The van der Waals surface area contributed by atoms with Crippen LogP contribution in [0, 0.1) is 0 Å². The Morgan fingerprint density at radius 1 is 0.750 bits per heavy atom. The van der Waals surface area contributed by atoms with Gasteiger partial charge in [0.25, 0.3) is 0 Å². The zero-order valence-corrected chi connectivity index (χ0v) is 21.3. The molecule has 0 aliphatic rings. The van der Waals surface area contributed by atoms with Gasteiger partial charge in [0.2, 0.25) is 0 Å². The third-order valence-electron chi connectivity index (χ3n) is 6.62. The van der Waals surface area contributed by atoms with Crippen LogP contribution >= 0.6 is 11.3 Å². The number of thiophene rings is 1. The second kappa shape index (κ2) is 7.68. The molecule has 0 radical (unpaired) electrons. The number of benzene rings is 3. The lowest BCUT2D eigenvalue weighted by atomic mass is 9.78. The van der Waals surface area contributed by atoms with Crippen molar-refractivity contribution < 1.29 is 0 Å². The van der Waals surface area contributed by atoms with E-state index in [1.807, 2.05) is 11.3 Å². The molecule has 5 aromatic rings. The summed E-state index contributed by atoms with van der Waals surface area (Å²) >= 11 is 1.88. The molecule has 0 aliphatic carbocycles. The van der Waals surface area contributed by atoms with Crippen molar-refractivity contribution in [3.63, 3.8) is 0 Å². The molecule has 2 heterocycles. The predicted molar refractivity (Wildman–Crippen MR) is 144 cm³/mol. The highest BCUT2D eigenvalue weighted by atomic mass is 32.1. The van der Waals surface area contributed by atoms with Crippen LogP contribution in [0.15, 0.2) is 85.1 Å². The van der Waals surface area contributed by atoms with E-state index in [1.165, 1.54) is 42.0 Å². The van der Waals surface area contributed by atoms with E-state index in [9.17, 15) is 0 Å². The summed E-state index contributed by atoms with van der Waals surface area (Å²) in [6.07, 6.45) is 2.09. The van der Waals surface area contributed by atoms with Gasteiger partial charge in [-0.2, -0.15) is 0 Å². The van der Waals surface area contributed by atoms with Crippen molar-refractivity contribution in [1.82, 2.24) is 4.98 Å². The maximum Gasteiger partial charge on any atom is 0.0796 e. The zero-order valence-electron chi connectivity index (χ0n) is 19.4. The Labute approximate surface area is 195 Å². The highest BCUT2D eigenvalue weighted by molar-refractivity contribution is 7.26. The summed E-state index contributed by atoms with van der Waals surface area (Å²) in [5, 5.41) is 4.06. The first-order valence-corrected chi connectivity index (χ1v) is 15.5. The van der Waals surface area contributed by atoms with Crippen molar-refractivity contribution in [2.45, 2.75) is 38.9 Å². The van der Waals surface area contributed by atoms with E-state index in [0.29, 0.717) is 0 Å². The van der Waals surface area contributed by atoms with Gasteiger partial charge in [0.1, 0.15) is 0 Å². The molecule has 0 N–H and O–H groups in total. The van der Waals surface area contributed by atoms with Gasteiger partial charge in [-0.15, -0.1) is 11.3 Å². The van der Waals surface area contributed by atoms with Crippen LogP contribution in [0.3, 0.4) is 0 Å². The Morgan fingerprint density at radius 2 is 1.53 bits per heavy atom. The van der Waals surface area contributed by atoms with E-state index in [4.69, 9.17) is 4.98 Å². The van der Waals surface area contributed by atoms with Crippen LogP contribution in [0.25, 0.3) is 31.4 Å². The minimum absolute atomic E-state index is 0.0461. The maximum atomic E-state index is 4.87. The number of hydrogen-bond donors (Lipinski definition) is 0. The summed E-state index contributed by atoms with van der Waals surface area (Å²) in [6, 6.07) is 28.9. The zero-order chi connectivity index (χ0) is 22.5. The Bertz CT molecular complexity index is 1410. The lowest BCUT2D eigenvalue weighted by molar-refractivity contribution is 0.642. The molecule has 160 valence electrons. The fourth-order valence-corrected chi connectivity index (χ4v) is 6.65. The van der Waals surface area contributed by atoms with Crippen molar-refractivity contribution in [3.05, 3.63) is 96.2 Å². The van der Waals surface area contributed by atoms with Crippen LogP contribution < -0.4 is 5.19 Å². The Kier molecular flexibility index (Phi) is 5.07. The maximum absolute atomic E-state index is 4.87. The Morgan fingerprint density at radius 3 is 2.22 bits per heavy atom. The molecule has 0 bridgehead atoms. The molecule has 2 aromatic heterocycles. The van der Waals surface area contributed by atoms with Gasteiger partial charge >= 0.3 is 0 Å². The van der Waals surface area contributed by atoms with Gasteiger partial charge in [0.05, 0.1) is 13.8 Å². The summed E-state index contributed by atoms with van der Waals surface area (Å²) in [4.78, 5) is 4.87. The molecule has 0 atom stereocenters. The predicted octanol–water partition coefficient (Wildman–Crippen LogP) is 7.99. The first-order chi connectivity index (χ1) is 15.2. The molecule has 0 saturated carbocycles. The minimum Gasteiger partial charge on any atom is -0.256 e. The van der Waals surface area contributed by atoms with Crippen LogP contribution in [0.2, 0.25) is 19.6 Å². The number of fused-ring (bicyclic) bond motifs is 3. The number of nitrogens with zero attached hydrogens (tertiary/aromatic N) is 1. The number of rotatable bonds is 4. The van der Waals surface area contributed by atoms with E-state index >= 15 is 0 Å². The SMILES string of the molecule is CC(C)(c1ccccc1)c1ccc2sc3c(-c4ccc([Si](C)(C)C)cn4)cccc3c2c1. The molecule has 0 amide bonds. The third-order valence-corrected chi connectivity index (χ3v) is 9.87. The van der Waals surface area contributed by atoms with E-state index in [2.05, 4.69) is 119 Å². The highest BCUT2D eigenvalue weighted by Gasteiger charge is 2.24. The van der Waals surface area contributed by atoms with E-state index in [1.54, 1.807) is 0 Å². The van der Waals surface area contributed by atoms with Gasteiger partial charge in [-0.3, -0.25) is 4.98 Å². The smallest absolute Gasteiger partial charge is 0.0796 e. The molecule has 0 unspecified atom stereocenters. The first-order valence-electron chi connectivity index (χ1n) is 11.2. The van der Waals surface area contributed by atoms with Crippen molar-refractivity contribution in [2.75, 3.05) is 0 Å². The molecule has 0 aliphatic heterocycles. The summed E-state index contributed by atoms with van der Waals surface area (Å²) in [5.74, 6) is 0. The van der Waals surface area contributed by atoms with E-state index < -0.39 is 8.07 Å². The summed E-state index contributed by atoms with van der Waals surface area (Å²) in [5.41, 5.74) is 4.93. The standard InChI is InChI=1S/C29H29NSSi/c1-29(2,20-10-7-6-8-11-20)21-14-17-27-25(18-21)23-12-9-13-24(28(23)31-27)26-16-15-22(19-30-26)32(3,4)5/h6-19H,1-5H3. The monoisotopic (exact) mass is 451 g/mol. The second-order valence-corrected chi connectivity index (χ2v) is 16.3. The molecular weight excluding hydrogens is 422 g/mol. The van der Waals surface area contributed by atoms with Crippen LogP contribution in [-0.4, -0.2) is 13.1 Å². The lowest BCUT2D eigenvalue weighted by Crippen LogP contribution is -2.37. The first kappa shape index (κ1) is 21.1. The Balaban J connectivity index is 1.64. The van der Waals surface area contributed by atoms with Gasteiger partial charge < -0.3 is 0 Å². The van der Waals surface area contributed by atoms with E-state index in [-0.39, 0.29) is 5.41 Å². The van der Waals surface area contributed by atoms with Crippen molar-refractivity contribution in [1.29, 1.82) is 0 Å². The van der Waals surface area contributed by atoms with Crippen molar-refractivity contribution in [2.24, 2.45) is 0 Å². The average Bonchev–Trinajstić information content (AvgIpc) is 3.17. The van der Waals surface area contributed by atoms with Crippen molar-refractivity contribution >= 4 is 44.8 Å². The quantitative estimate of drug-likeness (QED) is 0.252. The van der Waals surface area contributed by atoms with Crippen molar-refractivity contribution in [3.8, 4) is 11.3 Å². The third kappa shape index (κ3) is 3.60. The summed E-state index contributed by atoms with van der Waals surface area (Å²) in [6.45, 7) is 11.7. The van der Waals surface area contributed by atoms with E-state index in [0.717, 1.165) is 5.69 Å². The largest absolute Gasteiger partial charge is 0.256 e. The average molecular weight is 452 g/mol. The summed E-state index contributed by atoms with van der Waals surface area (Å²) < 4.78 is 2.66. The minimum atomic E-state index is -1.35. The Hall–Kier alpha value is -2.75. The van der Waals surface area contributed by atoms with Crippen LogP contribution in [0.4, 0.5) is 0 Å². The van der Waals surface area contributed by atoms with Crippen LogP contribution in [0.5, 0.6) is 0 Å². The number of aromatic nitrogens is 1. The molecule has 3 aromatic carbocycles. The molecular formula is C29H29NSSi. The van der Waals surface area contributed by atoms with Gasteiger partial charge in [0.15, 0.2) is 0 Å². The van der Waals surface area contributed by atoms with Crippen LogP contribution in [-0.2, 0) is 5.41 Å².